The number of hydrogen-bond acceptors (Lipinski definition) is 3. The number of anilines is 1. The zero-order chi connectivity index (χ0) is 23.3. The summed E-state index contributed by atoms with van der Waals surface area (Å²) in [5.41, 5.74) is -1.43. The normalized spacial score (nSPS) is 20.7. The van der Waals surface area contributed by atoms with Crippen LogP contribution >= 0.6 is 0 Å². The van der Waals surface area contributed by atoms with E-state index in [9.17, 15) is 36.2 Å². The molecule has 10 heteroatoms. The highest BCUT2D eigenvalue weighted by molar-refractivity contribution is 5.86. The molecule has 0 radical (unpaired) electrons. The maximum atomic E-state index is 13.6. The smallest absolute Gasteiger partial charge is 0.382 e. The van der Waals surface area contributed by atoms with Gasteiger partial charge in [0.05, 0.1) is 17.6 Å². The van der Waals surface area contributed by atoms with Crippen molar-refractivity contribution < 1.29 is 31.4 Å². The van der Waals surface area contributed by atoms with Gasteiger partial charge in [0.25, 0.3) is 0 Å². The van der Waals surface area contributed by atoms with Crippen molar-refractivity contribution >= 4 is 16.6 Å². The Hall–Kier alpha value is -3.01. The fourth-order valence-electron chi connectivity index (χ4n) is 4.38. The van der Waals surface area contributed by atoms with Crippen LogP contribution in [-0.2, 0) is 6.18 Å². The van der Waals surface area contributed by atoms with Gasteiger partial charge in [-0.1, -0.05) is 30.3 Å². The summed E-state index contributed by atoms with van der Waals surface area (Å²) >= 11 is 0. The maximum Gasteiger partial charge on any atom is 0.417 e. The lowest BCUT2D eigenvalue weighted by Gasteiger charge is -2.36. The molecule has 0 aliphatic carbocycles. The number of H-pyrrole nitrogens is 1. The monoisotopic (exact) mass is 456 g/mol. The van der Waals surface area contributed by atoms with Crippen LogP contribution in [0.25, 0.3) is 10.9 Å². The summed E-state index contributed by atoms with van der Waals surface area (Å²) in [4.78, 5) is 15.3. The summed E-state index contributed by atoms with van der Waals surface area (Å²) in [5, 5.41) is 9.68. The molecule has 0 spiro atoms. The fraction of sp³-hybridized carbons (Fsp3) is 0.318. The second-order valence-corrected chi connectivity index (χ2v) is 7.74. The Morgan fingerprint density at radius 1 is 0.969 bits per heavy atom. The molecular formula is C22H18F6N2O2. The first-order valence-electron chi connectivity index (χ1n) is 9.79. The van der Waals surface area contributed by atoms with Gasteiger partial charge in [0.15, 0.2) is 6.10 Å². The number of rotatable bonds is 3. The van der Waals surface area contributed by atoms with E-state index in [0.29, 0.717) is 11.6 Å². The largest absolute Gasteiger partial charge is 0.417 e. The predicted molar refractivity (Wildman–Crippen MR) is 106 cm³/mol. The Morgan fingerprint density at radius 2 is 1.66 bits per heavy atom. The molecule has 1 aliphatic rings. The van der Waals surface area contributed by atoms with Crippen molar-refractivity contribution in [3.05, 3.63) is 76.1 Å². The van der Waals surface area contributed by atoms with Crippen molar-refractivity contribution in [2.24, 2.45) is 0 Å². The minimum absolute atomic E-state index is 0.00394. The van der Waals surface area contributed by atoms with Gasteiger partial charge in [0, 0.05) is 22.7 Å². The number of alkyl halides is 6. The van der Waals surface area contributed by atoms with Crippen molar-refractivity contribution in [1.29, 1.82) is 0 Å². The van der Waals surface area contributed by atoms with Crippen LogP contribution in [0.3, 0.4) is 0 Å². The Morgan fingerprint density at radius 3 is 2.28 bits per heavy atom. The summed E-state index contributed by atoms with van der Waals surface area (Å²) in [6, 6.07) is 10.8. The zero-order valence-electron chi connectivity index (χ0n) is 16.4. The van der Waals surface area contributed by atoms with E-state index in [1.165, 1.54) is 17.0 Å². The molecule has 4 nitrogen and oxygen atoms in total. The molecule has 0 bridgehead atoms. The van der Waals surface area contributed by atoms with Crippen LogP contribution in [0.4, 0.5) is 32.0 Å². The number of hydrogen-bond donors (Lipinski definition) is 2. The summed E-state index contributed by atoms with van der Waals surface area (Å²) in [6.45, 7) is 0. The first-order chi connectivity index (χ1) is 15.0. The second-order valence-electron chi connectivity index (χ2n) is 7.74. The molecule has 1 saturated heterocycles. The van der Waals surface area contributed by atoms with Gasteiger partial charge < -0.3 is 15.0 Å². The summed E-state index contributed by atoms with van der Waals surface area (Å²) in [5.74, 6) is 0. The Bertz CT molecular complexity index is 1170. The van der Waals surface area contributed by atoms with Crippen LogP contribution in [0.5, 0.6) is 0 Å². The number of halogens is 6. The Balaban J connectivity index is 1.89. The van der Waals surface area contributed by atoms with E-state index in [0.717, 1.165) is 6.07 Å². The van der Waals surface area contributed by atoms with E-state index < -0.39 is 41.7 Å². The molecule has 1 aromatic heterocycles. The minimum atomic E-state index is -4.90. The Labute approximate surface area is 178 Å². The topological polar surface area (TPSA) is 56.3 Å². The number of nitrogens with one attached hydrogen (secondary N) is 1. The second kappa shape index (κ2) is 7.84. The molecule has 32 heavy (non-hydrogen) atoms. The van der Waals surface area contributed by atoms with Gasteiger partial charge in [0.2, 0.25) is 5.56 Å². The van der Waals surface area contributed by atoms with Crippen LogP contribution in [-0.4, -0.2) is 28.4 Å². The van der Waals surface area contributed by atoms with Crippen molar-refractivity contribution in [3.63, 3.8) is 0 Å². The van der Waals surface area contributed by atoms with Crippen molar-refractivity contribution in [2.45, 2.75) is 43.4 Å². The maximum absolute atomic E-state index is 13.6. The van der Waals surface area contributed by atoms with Crippen LogP contribution in [0, 0.1) is 0 Å². The third kappa shape index (κ3) is 4.06. The SMILES string of the molecule is O=c1cc(C(F)(F)F)c2cc(N3[C@@H]([C@@H](O)C(F)(F)F)CC[C@H]3c3ccccc3)ccc2[nH]1. The zero-order valence-corrected chi connectivity index (χ0v) is 16.4. The molecule has 1 fully saturated rings. The molecule has 2 N–H and O–H groups in total. The van der Waals surface area contributed by atoms with Crippen molar-refractivity contribution in [1.82, 2.24) is 4.98 Å². The third-order valence-corrected chi connectivity index (χ3v) is 5.74. The number of aromatic amines is 1. The minimum Gasteiger partial charge on any atom is -0.382 e. The Kier molecular flexibility index (Phi) is 5.44. The van der Waals surface area contributed by atoms with Gasteiger partial charge in [0.1, 0.15) is 0 Å². The number of fused-ring (bicyclic) bond motifs is 1. The molecule has 170 valence electrons. The average Bonchev–Trinajstić information content (AvgIpc) is 3.16. The van der Waals surface area contributed by atoms with Crippen molar-refractivity contribution in [2.75, 3.05) is 4.90 Å². The third-order valence-electron chi connectivity index (χ3n) is 5.74. The fourth-order valence-corrected chi connectivity index (χ4v) is 4.38. The van der Waals surface area contributed by atoms with Gasteiger partial charge in [-0.3, -0.25) is 4.79 Å². The van der Waals surface area contributed by atoms with Crippen LogP contribution in [0.2, 0.25) is 0 Å². The highest BCUT2D eigenvalue weighted by atomic mass is 19.4. The molecule has 4 rings (SSSR count). The van der Waals surface area contributed by atoms with Gasteiger partial charge >= 0.3 is 12.4 Å². The number of nitrogens with zero attached hydrogens (tertiary/aromatic N) is 1. The molecule has 0 unspecified atom stereocenters. The molecule has 2 heterocycles. The number of aliphatic hydroxyl groups is 1. The van der Waals surface area contributed by atoms with E-state index in [1.807, 2.05) is 0 Å². The molecule has 2 aromatic carbocycles. The number of aliphatic hydroxyl groups excluding tert-OH is 1. The number of aromatic nitrogens is 1. The van der Waals surface area contributed by atoms with Gasteiger partial charge in [-0.15, -0.1) is 0 Å². The highest BCUT2D eigenvalue weighted by Crippen LogP contribution is 2.45. The van der Waals surface area contributed by atoms with E-state index >= 15 is 0 Å². The van der Waals surface area contributed by atoms with Crippen LogP contribution in [0.1, 0.15) is 30.0 Å². The van der Waals surface area contributed by atoms with E-state index in [1.54, 1.807) is 30.3 Å². The van der Waals surface area contributed by atoms with Crippen molar-refractivity contribution in [3.8, 4) is 0 Å². The first kappa shape index (κ1) is 22.2. The molecule has 1 aliphatic heterocycles. The average molecular weight is 456 g/mol. The van der Waals surface area contributed by atoms with Gasteiger partial charge in [-0.05, 0) is 36.6 Å². The summed E-state index contributed by atoms with van der Waals surface area (Å²) < 4.78 is 80.8. The summed E-state index contributed by atoms with van der Waals surface area (Å²) in [7, 11) is 0. The molecule has 0 amide bonds. The summed E-state index contributed by atoms with van der Waals surface area (Å²) in [6.07, 6.45) is -12.1. The lowest BCUT2D eigenvalue weighted by Crippen LogP contribution is -2.47. The van der Waals surface area contributed by atoms with Crippen LogP contribution in [0.15, 0.2) is 59.4 Å². The van der Waals surface area contributed by atoms with Crippen LogP contribution < -0.4 is 10.5 Å². The predicted octanol–water partition coefficient (Wildman–Crippen LogP) is 5.18. The van der Waals surface area contributed by atoms with E-state index in [-0.39, 0.29) is 29.4 Å². The molecule has 3 aromatic rings. The van der Waals surface area contributed by atoms with E-state index in [4.69, 9.17) is 0 Å². The quantitative estimate of drug-likeness (QED) is 0.534. The first-order valence-corrected chi connectivity index (χ1v) is 9.79. The molecule has 0 saturated carbocycles. The van der Waals surface area contributed by atoms with Gasteiger partial charge in [-0.2, -0.15) is 26.3 Å². The lowest BCUT2D eigenvalue weighted by atomic mass is 10.0. The van der Waals surface area contributed by atoms with Gasteiger partial charge in [-0.25, -0.2) is 0 Å². The standard InChI is InChI=1S/C22H18F6N2O2/c23-21(24,25)15-11-19(31)29-16-7-6-13(10-14(15)16)30-17(12-4-2-1-3-5-12)8-9-18(30)20(32)22(26,27)28/h1-7,10-11,17-18,20,32H,8-9H2,(H,29,31)/t17-,18+,20+/m0/s1. The number of pyridine rings is 1. The molecular weight excluding hydrogens is 438 g/mol. The highest BCUT2D eigenvalue weighted by Gasteiger charge is 2.50. The molecule has 3 atom stereocenters. The number of benzene rings is 2. The van der Waals surface area contributed by atoms with E-state index in [2.05, 4.69) is 4.98 Å². The lowest BCUT2D eigenvalue weighted by molar-refractivity contribution is -0.209.